The Hall–Kier alpha value is -1.75. The lowest BCUT2D eigenvalue weighted by Crippen LogP contribution is -2.47. The molecule has 0 bridgehead atoms. The topological polar surface area (TPSA) is 67.4 Å². The second kappa shape index (κ2) is 9.09. The van der Waals surface area contributed by atoms with Crippen molar-refractivity contribution >= 4 is 23.4 Å². The SMILES string of the molecule is CC(C)(Oc1ccc(Cl)cc1)C(=O)NCCC(=O)NC1CCCCC1. The van der Waals surface area contributed by atoms with Crippen LogP contribution >= 0.6 is 11.6 Å². The van der Waals surface area contributed by atoms with Gasteiger partial charge in [0.05, 0.1) is 0 Å². The Balaban J connectivity index is 1.72. The van der Waals surface area contributed by atoms with Crippen molar-refractivity contribution in [3.8, 4) is 5.75 Å². The van der Waals surface area contributed by atoms with Gasteiger partial charge in [-0.25, -0.2) is 0 Å². The second-order valence-electron chi connectivity index (χ2n) is 6.97. The summed E-state index contributed by atoms with van der Waals surface area (Å²) in [5, 5.41) is 6.42. The molecule has 0 saturated heterocycles. The lowest BCUT2D eigenvalue weighted by Gasteiger charge is -2.25. The third kappa shape index (κ3) is 6.58. The van der Waals surface area contributed by atoms with Crippen LogP contribution in [0.5, 0.6) is 5.75 Å². The number of nitrogens with one attached hydrogen (secondary N) is 2. The Morgan fingerprint density at radius 2 is 1.80 bits per heavy atom. The van der Waals surface area contributed by atoms with E-state index in [0.29, 0.717) is 23.4 Å². The van der Waals surface area contributed by atoms with Crippen LogP contribution < -0.4 is 15.4 Å². The third-order valence-corrected chi connectivity index (χ3v) is 4.59. The third-order valence-electron chi connectivity index (χ3n) is 4.34. The summed E-state index contributed by atoms with van der Waals surface area (Å²) in [6, 6.07) is 7.15. The van der Waals surface area contributed by atoms with E-state index in [0.717, 1.165) is 12.8 Å². The van der Waals surface area contributed by atoms with Crippen LogP contribution in [0.15, 0.2) is 24.3 Å². The van der Waals surface area contributed by atoms with Gasteiger partial charge in [0.25, 0.3) is 5.91 Å². The molecule has 1 aliphatic rings. The van der Waals surface area contributed by atoms with Crippen molar-refractivity contribution in [1.29, 1.82) is 0 Å². The molecular formula is C19H27ClN2O3. The zero-order valence-corrected chi connectivity index (χ0v) is 15.7. The van der Waals surface area contributed by atoms with Gasteiger partial charge in [0, 0.05) is 24.0 Å². The number of carbonyl (C=O) groups is 2. The number of rotatable bonds is 7. The maximum Gasteiger partial charge on any atom is 0.263 e. The van der Waals surface area contributed by atoms with Gasteiger partial charge in [-0.05, 0) is 51.0 Å². The highest BCUT2D eigenvalue weighted by molar-refractivity contribution is 6.30. The average molecular weight is 367 g/mol. The molecule has 0 radical (unpaired) electrons. The first kappa shape index (κ1) is 19.6. The fourth-order valence-corrected chi connectivity index (χ4v) is 3.02. The lowest BCUT2D eigenvalue weighted by atomic mass is 9.95. The van der Waals surface area contributed by atoms with Crippen LogP contribution in [0.2, 0.25) is 5.02 Å². The largest absolute Gasteiger partial charge is 0.478 e. The molecular weight excluding hydrogens is 340 g/mol. The highest BCUT2D eigenvalue weighted by Gasteiger charge is 2.29. The minimum absolute atomic E-state index is 0.0105. The van der Waals surface area contributed by atoms with Gasteiger partial charge in [0.15, 0.2) is 5.60 Å². The summed E-state index contributed by atoms with van der Waals surface area (Å²) in [5.74, 6) is 0.302. The van der Waals surface area contributed by atoms with E-state index < -0.39 is 5.60 Å². The van der Waals surface area contributed by atoms with E-state index in [1.807, 2.05) is 0 Å². The molecule has 6 heteroatoms. The normalized spacial score (nSPS) is 15.5. The minimum atomic E-state index is -1.03. The van der Waals surface area contributed by atoms with Gasteiger partial charge in [-0.3, -0.25) is 9.59 Å². The van der Waals surface area contributed by atoms with Gasteiger partial charge >= 0.3 is 0 Å². The predicted molar refractivity (Wildman–Crippen MR) is 98.8 cm³/mol. The van der Waals surface area contributed by atoms with Crippen LogP contribution in [0.1, 0.15) is 52.4 Å². The molecule has 1 aliphatic carbocycles. The van der Waals surface area contributed by atoms with Crippen molar-refractivity contribution in [2.75, 3.05) is 6.54 Å². The summed E-state index contributed by atoms with van der Waals surface area (Å²) in [7, 11) is 0. The second-order valence-corrected chi connectivity index (χ2v) is 7.41. The van der Waals surface area contributed by atoms with Crippen LogP contribution in [-0.4, -0.2) is 30.0 Å². The molecule has 2 amide bonds. The number of benzene rings is 1. The summed E-state index contributed by atoms with van der Waals surface area (Å²) >= 11 is 5.84. The predicted octanol–water partition coefficient (Wildman–Crippen LogP) is 3.45. The zero-order chi connectivity index (χ0) is 18.3. The molecule has 2 rings (SSSR count). The summed E-state index contributed by atoms with van der Waals surface area (Å²) in [5.41, 5.74) is -1.03. The fourth-order valence-electron chi connectivity index (χ4n) is 2.89. The van der Waals surface area contributed by atoms with Crippen molar-refractivity contribution in [3.05, 3.63) is 29.3 Å². The molecule has 0 aromatic heterocycles. The number of hydrogen-bond donors (Lipinski definition) is 2. The molecule has 2 N–H and O–H groups in total. The number of hydrogen-bond acceptors (Lipinski definition) is 3. The van der Waals surface area contributed by atoms with Crippen molar-refractivity contribution in [2.24, 2.45) is 0 Å². The van der Waals surface area contributed by atoms with E-state index >= 15 is 0 Å². The Labute approximate surface area is 154 Å². The number of halogens is 1. The molecule has 0 heterocycles. The number of carbonyl (C=O) groups excluding carboxylic acids is 2. The Bertz CT molecular complexity index is 581. The quantitative estimate of drug-likeness (QED) is 0.776. The van der Waals surface area contributed by atoms with Crippen LogP contribution in [0.25, 0.3) is 0 Å². The van der Waals surface area contributed by atoms with E-state index in [1.54, 1.807) is 38.1 Å². The van der Waals surface area contributed by atoms with Gasteiger partial charge in [-0.2, -0.15) is 0 Å². The summed E-state index contributed by atoms with van der Waals surface area (Å²) < 4.78 is 5.73. The first-order valence-corrected chi connectivity index (χ1v) is 9.27. The number of ether oxygens (including phenoxy) is 1. The molecule has 0 atom stereocenters. The van der Waals surface area contributed by atoms with Gasteiger partial charge < -0.3 is 15.4 Å². The van der Waals surface area contributed by atoms with Gasteiger partial charge in [-0.15, -0.1) is 0 Å². The fraction of sp³-hybridized carbons (Fsp3) is 0.579. The Morgan fingerprint density at radius 1 is 1.16 bits per heavy atom. The summed E-state index contributed by atoms with van der Waals surface area (Å²) in [6.45, 7) is 3.68. The summed E-state index contributed by atoms with van der Waals surface area (Å²) in [6.07, 6.45) is 6.00. The maximum atomic E-state index is 12.3. The van der Waals surface area contributed by atoms with E-state index in [2.05, 4.69) is 10.6 Å². The zero-order valence-electron chi connectivity index (χ0n) is 14.9. The van der Waals surface area contributed by atoms with Crippen LogP contribution in [-0.2, 0) is 9.59 Å². The van der Waals surface area contributed by atoms with E-state index in [1.165, 1.54) is 19.3 Å². The lowest BCUT2D eigenvalue weighted by molar-refractivity contribution is -0.134. The maximum absolute atomic E-state index is 12.3. The molecule has 1 fully saturated rings. The summed E-state index contributed by atoms with van der Waals surface area (Å²) in [4.78, 5) is 24.3. The van der Waals surface area contributed by atoms with Gasteiger partial charge in [0.1, 0.15) is 5.75 Å². The van der Waals surface area contributed by atoms with E-state index in [4.69, 9.17) is 16.3 Å². The van der Waals surface area contributed by atoms with Crippen molar-refractivity contribution in [1.82, 2.24) is 10.6 Å². The molecule has 5 nitrogen and oxygen atoms in total. The molecule has 25 heavy (non-hydrogen) atoms. The standard InChI is InChI=1S/C19H27ClN2O3/c1-19(2,25-16-10-8-14(20)9-11-16)18(24)21-13-12-17(23)22-15-6-4-3-5-7-15/h8-11,15H,3-7,12-13H2,1-2H3,(H,21,24)(H,22,23). The minimum Gasteiger partial charge on any atom is -0.478 e. The smallest absolute Gasteiger partial charge is 0.263 e. The molecule has 0 spiro atoms. The van der Waals surface area contributed by atoms with E-state index in [-0.39, 0.29) is 18.2 Å². The first-order chi connectivity index (χ1) is 11.9. The molecule has 1 aromatic carbocycles. The monoisotopic (exact) mass is 366 g/mol. The van der Waals surface area contributed by atoms with Crippen molar-refractivity contribution in [2.45, 2.75) is 64.0 Å². The van der Waals surface area contributed by atoms with Gasteiger partial charge in [-0.1, -0.05) is 30.9 Å². The highest BCUT2D eigenvalue weighted by atomic mass is 35.5. The first-order valence-electron chi connectivity index (χ1n) is 8.89. The molecule has 0 unspecified atom stereocenters. The molecule has 138 valence electrons. The number of amides is 2. The van der Waals surface area contributed by atoms with Crippen LogP contribution in [0, 0.1) is 0 Å². The molecule has 1 saturated carbocycles. The van der Waals surface area contributed by atoms with Crippen molar-refractivity contribution < 1.29 is 14.3 Å². The molecule has 1 aromatic rings. The Morgan fingerprint density at radius 3 is 2.44 bits per heavy atom. The van der Waals surface area contributed by atoms with Crippen LogP contribution in [0.4, 0.5) is 0 Å². The van der Waals surface area contributed by atoms with E-state index in [9.17, 15) is 9.59 Å². The molecule has 0 aliphatic heterocycles. The van der Waals surface area contributed by atoms with Gasteiger partial charge in [0.2, 0.25) is 5.91 Å². The van der Waals surface area contributed by atoms with Crippen molar-refractivity contribution in [3.63, 3.8) is 0 Å². The van der Waals surface area contributed by atoms with Crippen LogP contribution in [0.3, 0.4) is 0 Å². The average Bonchev–Trinajstić information content (AvgIpc) is 2.57. The highest BCUT2D eigenvalue weighted by Crippen LogP contribution is 2.21. The Kier molecular flexibility index (Phi) is 7.12.